The topological polar surface area (TPSA) is 41.1 Å². The molecule has 0 bridgehead atoms. The van der Waals surface area contributed by atoms with Crippen molar-refractivity contribution in [3.63, 3.8) is 0 Å². The van der Waals surface area contributed by atoms with Gasteiger partial charge in [-0.25, -0.2) is 0 Å². The molecule has 5 heteroatoms. The van der Waals surface area contributed by atoms with Crippen LogP contribution in [0.1, 0.15) is 11.1 Å². The molecule has 114 valence electrons. The van der Waals surface area contributed by atoms with E-state index in [-0.39, 0.29) is 0 Å². The third-order valence-corrected chi connectivity index (χ3v) is 3.44. The van der Waals surface area contributed by atoms with Crippen molar-refractivity contribution in [3.05, 3.63) is 59.7 Å². The van der Waals surface area contributed by atoms with E-state index in [4.69, 9.17) is 36.0 Å². The van der Waals surface area contributed by atoms with Crippen LogP contribution in [0.2, 0.25) is 0 Å². The number of nitrogens with one attached hydrogen (secondary N) is 2. The monoisotopic (exact) mass is 342 g/mol. The van der Waals surface area contributed by atoms with Crippen LogP contribution >= 0.6 is 23.2 Å². The molecule has 1 amide bonds. The van der Waals surface area contributed by atoms with Gasteiger partial charge in [-0.05, 0) is 36.4 Å². The van der Waals surface area contributed by atoms with Crippen molar-refractivity contribution < 1.29 is 4.79 Å². The Morgan fingerprint density at radius 3 is 2.04 bits per heavy atom. The zero-order valence-electron chi connectivity index (χ0n) is 11.9. The number of hydrogen-bond donors (Lipinski definition) is 2. The van der Waals surface area contributed by atoms with E-state index in [0.717, 1.165) is 0 Å². The normalized spacial score (nSPS) is 10.3. The highest BCUT2D eigenvalue weighted by atomic mass is 35.5. The summed E-state index contributed by atoms with van der Waals surface area (Å²) in [5, 5.41) is 5.33. The molecular weight excluding hydrogens is 331 g/mol. The molecule has 0 atom stereocenters. The third-order valence-electron chi connectivity index (χ3n) is 2.90. The summed E-state index contributed by atoms with van der Waals surface area (Å²) in [6.07, 6.45) is 10.7. The fourth-order valence-electron chi connectivity index (χ4n) is 1.82. The lowest BCUT2D eigenvalue weighted by Gasteiger charge is -2.21. The fraction of sp³-hybridized carbons (Fsp3) is 0.0556. The zero-order chi connectivity index (χ0) is 16.9. The average molecular weight is 343 g/mol. The summed E-state index contributed by atoms with van der Waals surface area (Å²) in [6, 6.07) is 13.6. The Balaban J connectivity index is 2.13. The maximum absolute atomic E-state index is 12.3. The number of carbonyl (C=O) groups excluding carboxylic acids is 1. The molecule has 0 aromatic heterocycles. The second kappa shape index (κ2) is 7.11. The van der Waals surface area contributed by atoms with E-state index < -0.39 is 10.4 Å². The summed E-state index contributed by atoms with van der Waals surface area (Å²) in [5.41, 5.74) is 2.29. The smallest absolute Gasteiger partial charge is 0.281 e. The van der Waals surface area contributed by atoms with Crippen LogP contribution in [0.25, 0.3) is 0 Å². The van der Waals surface area contributed by atoms with Crippen LogP contribution in [0.5, 0.6) is 0 Å². The Morgan fingerprint density at radius 1 is 0.957 bits per heavy atom. The predicted octanol–water partition coefficient (Wildman–Crippen LogP) is 3.83. The summed E-state index contributed by atoms with van der Waals surface area (Å²) >= 11 is 12.2. The van der Waals surface area contributed by atoms with Gasteiger partial charge in [-0.15, -0.1) is 12.8 Å². The molecular formula is C18H12Cl2N2O. The first-order valence-electron chi connectivity index (χ1n) is 6.55. The van der Waals surface area contributed by atoms with E-state index in [1.54, 1.807) is 48.5 Å². The standard InChI is InChI=1S/C18H12Cl2N2O/c1-3-13-7-5-9-15(11-13)21-17(23)18(19,20)22-16-10-6-8-14(4-2)12-16/h1-2,5-12,22H,(H,21,23). The molecule has 2 aromatic rings. The van der Waals surface area contributed by atoms with Crippen LogP contribution in [-0.4, -0.2) is 10.4 Å². The van der Waals surface area contributed by atoms with Gasteiger partial charge in [0, 0.05) is 22.5 Å². The second-order valence-electron chi connectivity index (χ2n) is 4.60. The maximum atomic E-state index is 12.3. The lowest BCUT2D eigenvalue weighted by Crippen LogP contribution is -2.39. The van der Waals surface area contributed by atoms with Crippen LogP contribution in [0.15, 0.2) is 48.5 Å². The van der Waals surface area contributed by atoms with Crippen molar-refractivity contribution in [2.24, 2.45) is 0 Å². The van der Waals surface area contributed by atoms with Crippen LogP contribution < -0.4 is 10.6 Å². The maximum Gasteiger partial charge on any atom is 0.281 e. The quantitative estimate of drug-likeness (QED) is 0.503. The number of anilines is 2. The second-order valence-corrected chi connectivity index (χ2v) is 5.93. The van der Waals surface area contributed by atoms with Crippen molar-refractivity contribution >= 4 is 40.5 Å². The van der Waals surface area contributed by atoms with Crippen molar-refractivity contribution in [3.8, 4) is 24.7 Å². The third kappa shape index (κ3) is 4.44. The molecule has 0 heterocycles. The number of rotatable bonds is 4. The van der Waals surface area contributed by atoms with Crippen LogP contribution in [0, 0.1) is 24.7 Å². The van der Waals surface area contributed by atoms with Crippen molar-refractivity contribution in [2.75, 3.05) is 10.6 Å². The molecule has 0 aliphatic carbocycles. The Morgan fingerprint density at radius 2 is 1.48 bits per heavy atom. The van der Waals surface area contributed by atoms with E-state index in [1.807, 2.05) is 0 Å². The molecule has 0 unspecified atom stereocenters. The Kier molecular flexibility index (Phi) is 5.19. The van der Waals surface area contributed by atoms with Crippen LogP contribution in [-0.2, 0) is 4.79 Å². The molecule has 0 aliphatic rings. The highest BCUT2D eigenvalue weighted by Gasteiger charge is 2.33. The fourth-order valence-corrected chi connectivity index (χ4v) is 2.13. The van der Waals surface area contributed by atoms with Gasteiger partial charge in [0.25, 0.3) is 10.4 Å². The summed E-state index contributed by atoms with van der Waals surface area (Å²) in [4.78, 5) is 12.3. The number of halogens is 2. The molecule has 0 fully saturated rings. The van der Waals surface area contributed by atoms with Gasteiger partial charge in [0.05, 0.1) is 0 Å². The van der Waals surface area contributed by atoms with Crippen molar-refractivity contribution in [1.29, 1.82) is 0 Å². The molecule has 2 rings (SSSR count). The number of carbonyl (C=O) groups is 1. The minimum Gasteiger partial charge on any atom is -0.347 e. The number of terminal acetylenes is 2. The Hall–Kier alpha value is -2.59. The van der Waals surface area contributed by atoms with Gasteiger partial charge in [-0.2, -0.15) is 0 Å². The van der Waals surface area contributed by atoms with E-state index in [1.165, 1.54) is 0 Å². The first-order valence-corrected chi connectivity index (χ1v) is 7.31. The lowest BCUT2D eigenvalue weighted by molar-refractivity contribution is -0.116. The molecule has 3 nitrogen and oxygen atoms in total. The van der Waals surface area contributed by atoms with Gasteiger partial charge < -0.3 is 10.6 Å². The van der Waals surface area contributed by atoms with Gasteiger partial charge in [-0.3, -0.25) is 4.79 Å². The number of benzene rings is 2. The highest BCUT2D eigenvalue weighted by Crippen LogP contribution is 2.26. The van der Waals surface area contributed by atoms with E-state index in [2.05, 4.69) is 22.5 Å². The van der Waals surface area contributed by atoms with Gasteiger partial charge in [-0.1, -0.05) is 47.2 Å². The van der Waals surface area contributed by atoms with Crippen LogP contribution in [0.3, 0.4) is 0 Å². The van der Waals surface area contributed by atoms with Crippen LogP contribution in [0.4, 0.5) is 11.4 Å². The number of amides is 1. The minimum absolute atomic E-state index is 0.496. The number of hydrogen-bond acceptors (Lipinski definition) is 2. The number of alkyl halides is 2. The largest absolute Gasteiger partial charge is 0.347 e. The van der Waals surface area contributed by atoms with Crippen molar-refractivity contribution in [1.82, 2.24) is 0 Å². The van der Waals surface area contributed by atoms with Gasteiger partial charge in [0.15, 0.2) is 0 Å². The molecule has 2 aromatic carbocycles. The molecule has 0 spiro atoms. The zero-order valence-corrected chi connectivity index (χ0v) is 13.4. The SMILES string of the molecule is C#Cc1cccc(NC(=O)C(Cl)(Cl)Nc2cccc(C#C)c2)c1. The highest BCUT2D eigenvalue weighted by molar-refractivity contribution is 6.60. The van der Waals surface area contributed by atoms with Crippen molar-refractivity contribution in [2.45, 2.75) is 4.46 Å². The predicted molar refractivity (Wildman–Crippen MR) is 95.4 cm³/mol. The summed E-state index contributed by atoms with van der Waals surface area (Å²) < 4.78 is -1.88. The minimum atomic E-state index is -1.88. The lowest BCUT2D eigenvalue weighted by atomic mass is 10.2. The molecule has 23 heavy (non-hydrogen) atoms. The summed E-state index contributed by atoms with van der Waals surface area (Å²) in [6.45, 7) is 0. The first kappa shape index (κ1) is 16.8. The first-order chi connectivity index (χ1) is 10.9. The average Bonchev–Trinajstić information content (AvgIpc) is 2.54. The molecule has 0 aliphatic heterocycles. The molecule has 0 saturated carbocycles. The molecule has 2 N–H and O–H groups in total. The Labute approximate surface area is 145 Å². The van der Waals surface area contributed by atoms with Gasteiger partial charge >= 0.3 is 0 Å². The molecule has 0 radical (unpaired) electrons. The molecule has 0 saturated heterocycles. The summed E-state index contributed by atoms with van der Waals surface area (Å²) in [5.74, 6) is 4.33. The Bertz CT molecular complexity index is 816. The van der Waals surface area contributed by atoms with E-state index in [0.29, 0.717) is 22.5 Å². The van der Waals surface area contributed by atoms with E-state index >= 15 is 0 Å². The van der Waals surface area contributed by atoms with Gasteiger partial charge in [0.2, 0.25) is 0 Å². The van der Waals surface area contributed by atoms with Gasteiger partial charge in [0.1, 0.15) is 0 Å². The summed E-state index contributed by atoms with van der Waals surface area (Å²) in [7, 11) is 0. The van der Waals surface area contributed by atoms with E-state index in [9.17, 15) is 4.79 Å².